The normalized spacial score (nSPS) is 13.3. The van der Waals surface area contributed by atoms with Gasteiger partial charge >= 0.3 is 0 Å². The molecule has 0 bridgehead atoms. The van der Waals surface area contributed by atoms with Crippen LogP contribution in [0.2, 0.25) is 0 Å². The van der Waals surface area contributed by atoms with Gasteiger partial charge in [0.05, 0.1) is 18.0 Å². The summed E-state index contributed by atoms with van der Waals surface area (Å²) in [6.45, 7) is 0.523. The number of hydrogen-bond donors (Lipinski definition) is 2. The Bertz CT molecular complexity index is 1250. The maximum Gasteiger partial charge on any atom is 0.255 e. The van der Waals surface area contributed by atoms with Crippen molar-refractivity contribution in [2.24, 2.45) is 0 Å². The average molecular weight is 414 g/mol. The summed E-state index contributed by atoms with van der Waals surface area (Å²) < 4.78 is 0. The second-order valence-electron chi connectivity index (χ2n) is 7.17. The van der Waals surface area contributed by atoms with Crippen molar-refractivity contribution < 1.29 is 9.59 Å². The summed E-state index contributed by atoms with van der Waals surface area (Å²) in [6, 6.07) is 23.2. The Balaban J connectivity index is 1.38. The molecular weight excluding hydrogens is 394 g/mol. The Hall–Kier alpha value is -3.51. The van der Waals surface area contributed by atoms with Gasteiger partial charge in [-0.3, -0.25) is 9.59 Å². The molecule has 148 valence electrons. The zero-order valence-electron chi connectivity index (χ0n) is 16.1. The van der Waals surface area contributed by atoms with Crippen molar-refractivity contribution in [2.75, 3.05) is 16.0 Å². The number of hydrogen-bond acceptors (Lipinski definition) is 3. The lowest BCUT2D eigenvalue weighted by atomic mass is 10.1. The average Bonchev–Trinajstić information content (AvgIpc) is 3.24. The van der Waals surface area contributed by atoms with Crippen LogP contribution < -0.4 is 10.2 Å². The van der Waals surface area contributed by atoms with Gasteiger partial charge in [-0.15, -0.1) is 11.8 Å². The number of anilines is 2. The number of carbonyl (C=O) groups is 2. The lowest BCUT2D eigenvalue weighted by Gasteiger charge is -2.29. The molecule has 1 aliphatic rings. The molecule has 0 spiro atoms. The van der Waals surface area contributed by atoms with E-state index in [9.17, 15) is 9.59 Å². The molecule has 2 amide bonds. The molecule has 0 aliphatic carbocycles. The molecule has 30 heavy (non-hydrogen) atoms. The summed E-state index contributed by atoms with van der Waals surface area (Å²) in [5, 5.41) is 4.06. The highest BCUT2D eigenvalue weighted by Crippen LogP contribution is 2.37. The first kappa shape index (κ1) is 18.5. The zero-order chi connectivity index (χ0) is 20.5. The number of amides is 2. The van der Waals surface area contributed by atoms with E-state index in [1.165, 1.54) is 11.8 Å². The fourth-order valence-electron chi connectivity index (χ4n) is 3.61. The van der Waals surface area contributed by atoms with Gasteiger partial charge in [0, 0.05) is 27.9 Å². The van der Waals surface area contributed by atoms with E-state index >= 15 is 0 Å². The molecule has 5 rings (SSSR count). The Morgan fingerprint density at radius 2 is 1.90 bits per heavy atom. The minimum absolute atomic E-state index is 0.0767. The van der Waals surface area contributed by atoms with Crippen molar-refractivity contribution in [3.63, 3.8) is 0 Å². The predicted molar refractivity (Wildman–Crippen MR) is 121 cm³/mol. The van der Waals surface area contributed by atoms with Gasteiger partial charge in [-0.2, -0.15) is 0 Å². The van der Waals surface area contributed by atoms with Gasteiger partial charge in [0.1, 0.15) is 0 Å². The maximum atomic E-state index is 12.8. The van der Waals surface area contributed by atoms with Crippen molar-refractivity contribution in [1.82, 2.24) is 4.98 Å². The number of nitrogens with zero attached hydrogens (tertiary/aromatic N) is 1. The van der Waals surface area contributed by atoms with Gasteiger partial charge in [0.25, 0.3) is 5.91 Å². The van der Waals surface area contributed by atoms with Gasteiger partial charge in [-0.1, -0.05) is 36.4 Å². The van der Waals surface area contributed by atoms with E-state index in [0.29, 0.717) is 17.9 Å². The van der Waals surface area contributed by atoms with E-state index in [0.717, 1.165) is 32.7 Å². The Morgan fingerprint density at radius 1 is 1.03 bits per heavy atom. The van der Waals surface area contributed by atoms with Crippen molar-refractivity contribution in [3.8, 4) is 0 Å². The zero-order valence-corrected chi connectivity index (χ0v) is 16.9. The Kier molecular flexibility index (Phi) is 4.77. The first-order valence-electron chi connectivity index (χ1n) is 9.67. The number of thioether (sulfide) groups is 1. The van der Waals surface area contributed by atoms with Gasteiger partial charge in [0.15, 0.2) is 0 Å². The minimum Gasteiger partial charge on any atom is -0.361 e. The van der Waals surface area contributed by atoms with Gasteiger partial charge in [-0.25, -0.2) is 0 Å². The molecule has 0 saturated carbocycles. The third kappa shape index (κ3) is 3.57. The molecule has 2 heterocycles. The summed E-state index contributed by atoms with van der Waals surface area (Å²) in [6.07, 6.45) is 1.87. The monoisotopic (exact) mass is 413 g/mol. The van der Waals surface area contributed by atoms with E-state index in [2.05, 4.69) is 10.3 Å². The first-order valence-corrected chi connectivity index (χ1v) is 10.7. The molecule has 4 aromatic rings. The summed E-state index contributed by atoms with van der Waals surface area (Å²) >= 11 is 1.48. The molecule has 0 saturated heterocycles. The third-order valence-corrected chi connectivity index (χ3v) is 6.19. The molecule has 2 N–H and O–H groups in total. The Morgan fingerprint density at radius 3 is 2.77 bits per heavy atom. The van der Waals surface area contributed by atoms with Crippen molar-refractivity contribution in [1.29, 1.82) is 0 Å². The molecule has 0 radical (unpaired) electrons. The van der Waals surface area contributed by atoms with Gasteiger partial charge < -0.3 is 15.2 Å². The fraction of sp³-hybridized carbons (Fsp3) is 0.0833. The van der Waals surface area contributed by atoms with Gasteiger partial charge in [0.2, 0.25) is 5.91 Å². The SMILES string of the molecule is O=C(Nc1ccc2cc[nH]c2c1)c1ccc2c(c1)SCC(=O)N2Cc1ccccc1. The number of carbonyl (C=O) groups excluding carboxylic acids is 2. The number of fused-ring (bicyclic) bond motifs is 2. The summed E-state index contributed by atoms with van der Waals surface area (Å²) in [5.74, 6) is 0.276. The molecule has 0 unspecified atom stereocenters. The lowest BCUT2D eigenvalue weighted by molar-refractivity contribution is -0.116. The molecule has 1 aromatic heterocycles. The standard InChI is InChI=1S/C24H19N3O2S/c28-23-15-30-22-12-18(7-9-21(22)27(23)14-16-4-2-1-3-5-16)24(29)26-19-8-6-17-10-11-25-20(17)13-19/h1-13,25H,14-15H2,(H,26,29). The number of rotatable bonds is 4. The van der Waals surface area contributed by atoms with Crippen LogP contribution in [0.25, 0.3) is 10.9 Å². The third-order valence-electron chi connectivity index (χ3n) is 5.16. The summed E-state index contributed by atoms with van der Waals surface area (Å²) in [5.41, 5.74) is 4.21. The van der Waals surface area contributed by atoms with E-state index in [-0.39, 0.29) is 11.8 Å². The van der Waals surface area contributed by atoms with Crippen LogP contribution >= 0.6 is 11.8 Å². The molecular formula is C24H19N3O2S. The fourth-order valence-corrected chi connectivity index (χ4v) is 4.59. The smallest absolute Gasteiger partial charge is 0.255 e. The largest absolute Gasteiger partial charge is 0.361 e. The van der Waals surface area contributed by atoms with E-state index in [1.54, 1.807) is 11.0 Å². The van der Waals surface area contributed by atoms with Crippen molar-refractivity contribution in [2.45, 2.75) is 11.4 Å². The molecule has 0 fully saturated rings. The quantitative estimate of drug-likeness (QED) is 0.492. The van der Waals surface area contributed by atoms with Crippen molar-refractivity contribution >= 4 is 45.9 Å². The van der Waals surface area contributed by atoms with Crippen molar-refractivity contribution in [3.05, 3.63) is 90.1 Å². The van der Waals surface area contributed by atoms with Crippen LogP contribution in [-0.4, -0.2) is 22.6 Å². The topological polar surface area (TPSA) is 65.2 Å². The van der Waals surface area contributed by atoms with E-state index in [1.807, 2.05) is 72.9 Å². The highest BCUT2D eigenvalue weighted by molar-refractivity contribution is 8.00. The van der Waals surface area contributed by atoms with Gasteiger partial charge in [-0.05, 0) is 47.3 Å². The second kappa shape index (κ2) is 7.72. The molecule has 0 atom stereocenters. The molecule has 5 nitrogen and oxygen atoms in total. The first-order chi connectivity index (χ1) is 14.7. The van der Waals surface area contributed by atoms with Crippen LogP contribution in [0, 0.1) is 0 Å². The number of aromatic amines is 1. The maximum absolute atomic E-state index is 12.8. The van der Waals surface area contributed by atoms with Crippen LogP contribution in [0.4, 0.5) is 11.4 Å². The molecule has 3 aromatic carbocycles. The lowest BCUT2D eigenvalue weighted by Crippen LogP contribution is -2.34. The summed E-state index contributed by atoms with van der Waals surface area (Å²) in [7, 11) is 0. The number of H-pyrrole nitrogens is 1. The van der Waals surface area contributed by atoms with Crippen LogP contribution in [0.3, 0.4) is 0 Å². The molecule has 1 aliphatic heterocycles. The highest BCUT2D eigenvalue weighted by atomic mass is 32.2. The van der Waals surface area contributed by atoms with Crippen LogP contribution in [0.5, 0.6) is 0 Å². The minimum atomic E-state index is -0.171. The number of nitrogens with one attached hydrogen (secondary N) is 2. The summed E-state index contributed by atoms with van der Waals surface area (Å²) in [4.78, 5) is 31.2. The van der Waals surface area contributed by atoms with E-state index in [4.69, 9.17) is 0 Å². The highest BCUT2D eigenvalue weighted by Gasteiger charge is 2.25. The van der Waals surface area contributed by atoms with Crippen LogP contribution in [0.1, 0.15) is 15.9 Å². The van der Waals surface area contributed by atoms with Crippen LogP contribution in [-0.2, 0) is 11.3 Å². The number of aromatic nitrogens is 1. The van der Waals surface area contributed by atoms with Crippen LogP contribution in [0.15, 0.2) is 83.9 Å². The number of benzene rings is 3. The molecule has 6 heteroatoms. The van der Waals surface area contributed by atoms with E-state index < -0.39 is 0 Å². The Labute approximate surface area is 178 Å². The second-order valence-corrected chi connectivity index (χ2v) is 8.19. The predicted octanol–water partition coefficient (Wildman–Crippen LogP) is 5.06.